The van der Waals surface area contributed by atoms with Crippen LogP contribution in [0.2, 0.25) is 0 Å². The molecule has 0 spiro atoms. The number of esters is 1. The third-order valence-electron chi connectivity index (χ3n) is 5.87. The molecule has 2 unspecified atom stereocenters. The fraction of sp³-hybridized carbons (Fsp3) is 0.667. The predicted octanol–water partition coefficient (Wildman–Crippen LogP) is 4.25. The van der Waals surface area contributed by atoms with Gasteiger partial charge in [0.15, 0.2) is 0 Å². The summed E-state index contributed by atoms with van der Waals surface area (Å²) in [4.78, 5) is 40.7. The van der Waals surface area contributed by atoms with Gasteiger partial charge in [-0.15, -0.1) is 0 Å². The number of hydrogen-bond donors (Lipinski definition) is 1. The van der Waals surface area contributed by atoms with Gasteiger partial charge in [-0.05, 0) is 66.0 Å². The van der Waals surface area contributed by atoms with Gasteiger partial charge in [-0.1, -0.05) is 25.1 Å². The summed E-state index contributed by atoms with van der Waals surface area (Å²) < 4.78 is 31.1. The highest BCUT2D eigenvalue weighted by Crippen LogP contribution is 2.28. The molecule has 2 amide bonds. The van der Waals surface area contributed by atoms with Crippen molar-refractivity contribution in [1.29, 1.82) is 0 Å². The highest BCUT2D eigenvalue weighted by atomic mass is 19.1. The Morgan fingerprint density at radius 2 is 1.69 bits per heavy atom. The summed E-state index contributed by atoms with van der Waals surface area (Å²) in [7, 11) is 1.49. The summed E-state index contributed by atoms with van der Waals surface area (Å²) in [6.07, 6.45) is 0.260. The fourth-order valence-corrected chi connectivity index (χ4v) is 4.28. The van der Waals surface area contributed by atoms with E-state index in [9.17, 15) is 18.8 Å². The number of carbonyl (C=O) groups is 3. The van der Waals surface area contributed by atoms with Crippen LogP contribution in [0.1, 0.15) is 66.9 Å². The van der Waals surface area contributed by atoms with Gasteiger partial charge in [-0.25, -0.2) is 14.0 Å². The lowest BCUT2D eigenvalue weighted by atomic mass is 9.94. The van der Waals surface area contributed by atoms with Crippen LogP contribution >= 0.6 is 0 Å². The van der Waals surface area contributed by atoms with Gasteiger partial charge in [0.1, 0.15) is 23.1 Å². The van der Waals surface area contributed by atoms with Crippen molar-refractivity contribution in [2.45, 2.75) is 97.1 Å². The lowest BCUT2D eigenvalue weighted by Gasteiger charge is -2.35. The van der Waals surface area contributed by atoms with Gasteiger partial charge in [0.25, 0.3) is 0 Å². The number of benzene rings is 1. The van der Waals surface area contributed by atoms with Crippen LogP contribution in [-0.2, 0) is 30.2 Å². The third-order valence-corrected chi connectivity index (χ3v) is 5.87. The highest BCUT2D eigenvalue weighted by Gasteiger charge is 2.42. The van der Waals surface area contributed by atoms with E-state index < -0.39 is 53.1 Å². The summed E-state index contributed by atoms with van der Waals surface area (Å²) in [5.41, 5.74) is -1.15. The van der Waals surface area contributed by atoms with Crippen LogP contribution in [0, 0.1) is 11.7 Å². The molecule has 4 atom stereocenters. The van der Waals surface area contributed by atoms with Gasteiger partial charge in [-0.3, -0.25) is 4.79 Å². The molecular formula is C27H41FN2O6. The molecule has 0 saturated carbocycles. The molecule has 1 aromatic carbocycles. The first-order valence-electron chi connectivity index (χ1n) is 12.4. The average Bonchev–Trinajstić information content (AvgIpc) is 3.22. The van der Waals surface area contributed by atoms with Crippen LogP contribution in [0.25, 0.3) is 0 Å². The first-order valence-corrected chi connectivity index (χ1v) is 12.4. The molecule has 0 radical (unpaired) electrons. The van der Waals surface area contributed by atoms with Crippen LogP contribution in [-0.4, -0.2) is 65.9 Å². The molecule has 202 valence electrons. The lowest BCUT2D eigenvalue weighted by molar-refractivity contribution is -0.159. The van der Waals surface area contributed by atoms with Gasteiger partial charge < -0.3 is 24.4 Å². The van der Waals surface area contributed by atoms with Crippen molar-refractivity contribution in [3.63, 3.8) is 0 Å². The molecule has 1 fully saturated rings. The minimum Gasteiger partial charge on any atom is -0.458 e. The molecule has 0 bridgehead atoms. The van der Waals surface area contributed by atoms with E-state index in [-0.39, 0.29) is 18.0 Å². The van der Waals surface area contributed by atoms with E-state index in [1.165, 1.54) is 13.2 Å². The van der Waals surface area contributed by atoms with Crippen LogP contribution in [0.15, 0.2) is 24.3 Å². The highest BCUT2D eigenvalue weighted by molar-refractivity contribution is 5.86. The van der Waals surface area contributed by atoms with Crippen molar-refractivity contribution in [2.75, 3.05) is 13.7 Å². The quantitative estimate of drug-likeness (QED) is 0.528. The van der Waals surface area contributed by atoms with E-state index in [0.717, 1.165) is 6.42 Å². The SMILES string of the molecule is CO[C@@H](C1CCCN1C(=O)OC(C)(C)C)[C@@H](C)C(=O)NC(Cc1ccccc1F)C(=O)OC(C)(C)C. The average molecular weight is 509 g/mol. The topological polar surface area (TPSA) is 94.2 Å². The van der Waals surface area contributed by atoms with Gasteiger partial charge in [0, 0.05) is 20.1 Å². The molecular weight excluding hydrogens is 467 g/mol. The Morgan fingerprint density at radius 1 is 1.08 bits per heavy atom. The molecule has 1 aliphatic rings. The van der Waals surface area contributed by atoms with E-state index in [2.05, 4.69) is 5.32 Å². The zero-order valence-corrected chi connectivity index (χ0v) is 22.7. The zero-order valence-electron chi connectivity index (χ0n) is 22.7. The minimum absolute atomic E-state index is 0.0643. The Bertz CT molecular complexity index is 924. The van der Waals surface area contributed by atoms with Crippen molar-refractivity contribution in [3.8, 4) is 0 Å². The molecule has 36 heavy (non-hydrogen) atoms. The summed E-state index contributed by atoms with van der Waals surface area (Å²) in [6, 6.07) is 4.64. The van der Waals surface area contributed by atoms with Crippen LogP contribution in [0.5, 0.6) is 0 Å². The summed E-state index contributed by atoms with van der Waals surface area (Å²) in [5.74, 6) is -2.29. The smallest absolute Gasteiger partial charge is 0.410 e. The maximum atomic E-state index is 14.3. The first-order chi connectivity index (χ1) is 16.6. The standard InChI is InChI=1S/C27H41FN2O6/c1-17(22(34-8)21-14-11-15-30(21)25(33)36-27(5,6)7)23(31)29-20(24(32)35-26(2,3)4)16-18-12-9-10-13-19(18)28/h9-10,12-13,17,20-22H,11,14-16H2,1-8H3,(H,29,31)/t17-,20?,21?,22-/m1/s1. The van der Waals surface area contributed by atoms with E-state index >= 15 is 0 Å². The van der Waals surface area contributed by atoms with E-state index in [1.807, 2.05) is 0 Å². The molecule has 1 N–H and O–H groups in total. The molecule has 0 aromatic heterocycles. The number of amides is 2. The van der Waals surface area contributed by atoms with Gasteiger partial charge in [-0.2, -0.15) is 0 Å². The van der Waals surface area contributed by atoms with Crippen LogP contribution in [0.4, 0.5) is 9.18 Å². The number of nitrogens with one attached hydrogen (secondary N) is 1. The number of nitrogens with zero attached hydrogens (tertiary/aromatic N) is 1. The first kappa shape index (κ1) is 29.5. The van der Waals surface area contributed by atoms with E-state index in [0.29, 0.717) is 13.0 Å². The fourth-order valence-electron chi connectivity index (χ4n) is 4.28. The normalized spacial score (nSPS) is 18.8. The maximum absolute atomic E-state index is 14.3. The van der Waals surface area contributed by atoms with Gasteiger partial charge in [0.2, 0.25) is 5.91 Å². The summed E-state index contributed by atoms with van der Waals surface area (Å²) in [6.45, 7) is 12.8. The van der Waals surface area contributed by atoms with E-state index in [4.69, 9.17) is 14.2 Å². The molecule has 2 rings (SSSR count). The third kappa shape index (κ3) is 8.47. The number of likely N-dealkylation sites (tertiary alicyclic amines) is 1. The van der Waals surface area contributed by atoms with Crippen LogP contribution < -0.4 is 5.32 Å². The minimum atomic E-state index is -1.10. The molecule has 1 heterocycles. The molecule has 8 nitrogen and oxygen atoms in total. The van der Waals surface area contributed by atoms with Gasteiger partial charge in [0.05, 0.1) is 18.1 Å². The van der Waals surface area contributed by atoms with Crippen molar-refractivity contribution in [1.82, 2.24) is 10.2 Å². The number of rotatable bonds is 8. The second kappa shape index (κ2) is 12.0. The number of hydrogen-bond acceptors (Lipinski definition) is 6. The zero-order chi connectivity index (χ0) is 27.3. The number of halogens is 1. The largest absolute Gasteiger partial charge is 0.458 e. The Morgan fingerprint density at radius 3 is 2.25 bits per heavy atom. The lowest BCUT2D eigenvalue weighted by Crippen LogP contribution is -2.53. The maximum Gasteiger partial charge on any atom is 0.410 e. The molecule has 0 aliphatic carbocycles. The molecule has 1 aromatic rings. The second-order valence-corrected chi connectivity index (χ2v) is 11.3. The second-order valence-electron chi connectivity index (χ2n) is 11.3. The number of carbonyl (C=O) groups excluding carboxylic acids is 3. The van der Waals surface area contributed by atoms with Gasteiger partial charge >= 0.3 is 12.1 Å². The van der Waals surface area contributed by atoms with Crippen molar-refractivity contribution in [2.24, 2.45) is 5.92 Å². The Kier molecular flexibility index (Phi) is 9.88. The summed E-state index contributed by atoms with van der Waals surface area (Å²) >= 11 is 0. The Hall–Kier alpha value is -2.68. The number of ether oxygens (including phenoxy) is 3. The molecule has 9 heteroatoms. The monoisotopic (exact) mass is 508 g/mol. The molecule has 1 aliphatic heterocycles. The van der Waals surface area contributed by atoms with Crippen molar-refractivity contribution >= 4 is 18.0 Å². The van der Waals surface area contributed by atoms with E-state index in [1.54, 1.807) is 71.6 Å². The number of methoxy groups -OCH3 is 1. The van der Waals surface area contributed by atoms with Crippen LogP contribution in [0.3, 0.4) is 0 Å². The Balaban J connectivity index is 2.21. The predicted molar refractivity (Wildman–Crippen MR) is 134 cm³/mol. The van der Waals surface area contributed by atoms with Crippen molar-refractivity contribution < 1.29 is 33.0 Å². The Labute approximate surface area is 213 Å². The van der Waals surface area contributed by atoms with Crippen molar-refractivity contribution in [3.05, 3.63) is 35.6 Å². The molecule has 1 saturated heterocycles. The summed E-state index contributed by atoms with van der Waals surface area (Å²) in [5, 5.41) is 2.74.